The van der Waals surface area contributed by atoms with Gasteiger partial charge in [0.15, 0.2) is 6.10 Å². The van der Waals surface area contributed by atoms with E-state index in [4.69, 9.17) is 21.4 Å². The van der Waals surface area contributed by atoms with Gasteiger partial charge in [0.2, 0.25) is 0 Å². The van der Waals surface area contributed by atoms with E-state index < -0.39 is 24.2 Å². The molecule has 25 heavy (non-hydrogen) atoms. The molecule has 7 heteroatoms. The standard InChI is InChI=1S/C18H18ClNO5/c19-14-9-5-4-8-13(14)10-15(16(21)17(22)23)20-18(24)25-11-12-6-2-1-3-7-12/h1-9,15-16,21H,10-11H2,(H,20,24)(H,22,23). The molecule has 0 radical (unpaired) electrons. The molecule has 0 bridgehead atoms. The molecule has 2 rings (SSSR count). The summed E-state index contributed by atoms with van der Waals surface area (Å²) in [5.74, 6) is -1.44. The molecule has 2 aromatic carbocycles. The van der Waals surface area contributed by atoms with Crippen LogP contribution in [-0.4, -0.2) is 34.4 Å². The number of alkyl carbamates (subject to hydrolysis) is 1. The van der Waals surface area contributed by atoms with Crippen molar-refractivity contribution in [3.63, 3.8) is 0 Å². The van der Waals surface area contributed by atoms with E-state index in [1.165, 1.54) is 0 Å². The van der Waals surface area contributed by atoms with Gasteiger partial charge in [-0.25, -0.2) is 9.59 Å². The van der Waals surface area contributed by atoms with Crippen molar-refractivity contribution in [2.45, 2.75) is 25.2 Å². The first-order chi connectivity index (χ1) is 12.0. The maximum atomic E-state index is 12.0. The van der Waals surface area contributed by atoms with Crippen molar-refractivity contribution in [1.82, 2.24) is 5.32 Å². The molecule has 2 atom stereocenters. The van der Waals surface area contributed by atoms with Gasteiger partial charge in [-0.2, -0.15) is 0 Å². The average Bonchev–Trinajstić information content (AvgIpc) is 2.61. The van der Waals surface area contributed by atoms with Gasteiger partial charge in [0.25, 0.3) is 0 Å². The van der Waals surface area contributed by atoms with Crippen molar-refractivity contribution in [1.29, 1.82) is 0 Å². The van der Waals surface area contributed by atoms with Crippen molar-refractivity contribution in [3.8, 4) is 0 Å². The van der Waals surface area contributed by atoms with E-state index in [2.05, 4.69) is 5.32 Å². The van der Waals surface area contributed by atoms with Gasteiger partial charge in [-0.3, -0.25) is 0 Å². The molecule has 0 saturated carbocycles. The van der Waals surface area contributed by atoms with Gasteiger partial charge >= 0.3 is 12.1 Å². The van der Waals surface area contributed by atoms with E-state index in [-0.39, 0.29) is 13.0 Å². The number of carbonyl (C=O) groups is 2. The Morgan fingerprint density at radius 1 is 1.08 bits per heavy atom. The van der Waals surface area contributed by atoms with Crippen LogP contribution in [0.1, 0.15) is 11.1 Å². The van der Waals surface area contributed by atoms with Crippen LogP contribution in [-0.2, 0) is 22.6 Å². The lowest BCUT2D eigenvalue weighted by atomic mass is 10.0. The number of halogens is 1. The van der Waals surface area contributed by atoms with Gasteiger partial charge in [-0.05, 0) is 23.6 Å². The predicted octanol–water partition coefficient (Wildman–Crippen LogP) is 2.62. The molecule has 3 N–H and O–H groups in total. The Morgan fingerprint density at radius 2 is 1.72 bits per heavy atom. The summed E-state index contributed by atoms with van der Waals surface area (Å²) in [4.78, 5) is 23.1. The Kier molecular flexibility index (Phi) is 6.80. The average molecular weight is 364 g/mol. The van der Waals surface area contributed by atoms with Crippen LogP contribution in [0.25, 0.3) is 0 Å². The van der Waals surface area contributed by atoms with Gasteiger partial charge in [0.1, 0.15) is 6.61 Å². The number of carboxylic acid groups (broad SMARTS) is 1. The third-order valence-corrected chi connectivity index (χ3v) is 3.92. The van der Waals surface area contributed by atoms with Crippen LogP contribution < -0.4 is 5.32 Å². The number of carboxylic acids is 1. The minimum atomic E-state index is -1.79. The topological polar surface area (TPSA) is 95.9 Å². The van der Waals surface area contributed by atoms with Crippen LogP contribution >= 0.6 is 11.6 Å². The molecule has 0 heterocycles. The number of amides is 1. The van der Waals surface area contributed by atoms with Crippen LogP contribution in [0.15, 0.2) is 54.6 Å². The fourth-order valence-electron chi connectivity index (χ4n) is 2.23. The second-order valence-electron chi connectivity index (χ2n) is 5.39. The van der Waals surface area contributed by atoms with Crippen LogP contribution in [0.2, 0.25) is 5.02 Å². The highest BCUT2D eigenvalue weighted by Gasteiger charge is 2.28. The first kappa shape index (κ1) is 18.8. The summed E-state index contributed by atoms with van der Waals surface area (Å²) < 4.78 is 5.07. The van der Waals surface area contributed by atoms with Crippen LogP contribution in [0.4, 0.5) is 4.79 Å². The maximum absolute atomic E-state index is 12.0. The summed E-state index contributed by atoms with van der Waals surface area (Å²) in [5, 5.41) is 21.7. The number of nitrogens with one attached hydrogen (secondary N) is 1. The molecule has 0 saturated heterocycles. The fraction of sp³-hybridized carbons (Fsp3) is 0.222. The number of aliphatic hydroxyl groups excluding tert-OH is 1. The van der Waals surface area contributed by atoms with Crippen molar-refractivity contribution < 1.29 is 24.5 Å². The molecule has 0 spiro atoms. The third-order valence-electron chi connectivity index (χ3n) is 3.55. The minimum absolute atomic E-state index is 0.0364. The number of benzene rings is 2. The highest BCUT2D eigenvalue weighted by atomic mass is 35.5. The van der Waals surface area contributed by atoms with Crippen LogP contribution in [0.3, 0.4) is 0 Å². The van der Waals surface area contributed by atoms with E-state index in [9.17, 15) is 14.7 Å². The number of hydrogen-bond donors (Lipinski definition) is 3. The number of rotatable bonds is 7. The quantitative estimate of drug-likeness (QED) is 0.702. The van der Waals surface area contributed by atoms with Crippen molar-refractivity contribution in [3.05, 3.63) is 70.7 Å². The normalized spacial score (nSPS) is 12.9. The molecule has 0 aromatic heterocycles. The Bertz CT molecular complexity index is 722. The van der Waals surface area contributed by atoms with E-state index in [0.717, 1.165) is 5.56 Å². The van der Waals surface area contributed by atoms with Gasteiger partial charge in [0, 0.05) is 5.02 Å². The molecule has 2 unspecified atom stereocenters. The Labute approximate surface area is 150 Å². The molecule has 0 aliphatic rings. The van der Waals surface area contributed by atoms with E-state index in [0.29, 0.717) is 10.6 Å². The first-order valence-electron chi connectivity index (χ1n) is 7.59. The maximum Gasteiger partial charge on any atom is 0.407 e. The second kappa shape index (κ2) is 9.05. The van der Waals surface area contributed by atoms with Gasteiger partial charge < -0.3 is 20.3 Å². The number of carbonyl (C=O) groups excluding carboxylic acids is 1. The van der Waals surface area contributed by atoms with E-state index >= 15 is 0 Å². The summed E-state index contributed by atoms with van der Waals surface area (Å²) in [6.07, 6.45) is -2.56. The molecule has 0 aliphatic carbocycles. The summed E-state index contributed by atoms with van der Waals surface area (Å²) in [5.41, 5.74) is 1.40. The summed E-state index contributed by atoms with van der Waals surface area (Å²) in [6, 6.07) is 14.8. The third kappa shape index (κ3) is 5.77. The highest BCUT2D eigenvalue weighted by molar-refractivity contribution is 6.31. The minimum Gasteiger partial charge on any atom is -0.479 e. The fourth-order valence-corrected chi connectivity index (χ4v) is 2.44. The van der Waals surface area contributed by atoms with Gasteiger partial charge in [-0.15, -0.1) is 0 Å². The first-order valence-corrected chi connectivity index (χ1v) is 7.96. The molecule has 132 valence electrons. The van der Waals surface area contributed by atoms with Gasteiger partial charge in [-0.1, -0.05) is 60.1 Å². The van der Waals surface area contributed by atoms with Crippen molar-refractivity contribution in [2.75, 3.05) is 0 Å². The van der Waals surface area contributed by atoms with Crippen molar-refractivity contribution in [2.24, 2.45) is 0 Å². The second-order valence-corrected chi connectivity index (χ2v) is 5.80. The molecule has 1 amide bonds. The number of aliphatic hydroxyl groups is 1. The van der Waals surface area contributed by atoms with Crippen LogP contribution in [0, 0.1) is 0 Å². The molecule has 6 nitrogen and oxygen atoms in total. The van der Waals surface area contributed by atoms with Crippen molar-refractivity contribution >= 4 is 23.7 Å². The Hall–Kier alpha value is -2.57. The monoisotopic (exact) mass is 363 g/mol. The molecular formula is C18H18ClNO5. The summed E-state index contributed by atoms with van der Waals surface area (Å²) in [7, 11) is 0. The number of aliphatic carboxylic acids is 1. The SMILES string of the molecule is O=C(NC(Cc1ccccc1Cl)C(O)C(=O)O)OCc1ccccc1. The molecule has 0 fully saturated rings. The predicted molar refractivity (Wildman–Crippen MR) is 92.3 cm³/mol. The lowest BCUT2D eigenvalue weighted by Gasteiger charge is -2.21. The molecule has 2 aromatic rings. The lowest BCUT2D eigenvalue weighted by Crippen LogP contribution is -2.48. The molecule has 0 aliphatic heterocycles. The Morgan fingerprint density at radius 3 is 2.36 bits per heavy atom. The van der Waals surface area contributed by atoms with Crippen LogP contribution in [0.5, 0.6) is 0 Å². The Balaban J connectivity index is 2.01. The highest BCUT2D eigenvalue weighted by Crippen LogP contribution is 2.18. The lowest BCUT2D eigenvalue weighted by molar-refractivity contribution is -0.148. The van der Waals surface area contributed by atoms with E-state index in [1.54, 1.807) is 36.4 Å². The zero-order chi connectivity index (χ0) is 18.2. The zero-order valence-corrected chi connectivity index (χ0v) is 14.0. The summed E-state index contributed by atoms with van der Waals surface area (Å²) >= 11 is 6.06. The largest absolute Gasteiger partial charge is 0.479 e. The smallest absolute Gasteiger partial charge is 0.407 e. The number of hydrogen-bond acceptors (Lipinski definition) is 4. The summed E-state index contributed by atoms with van der Waals surface area (Å²) in [6.45, 7) is 0.0364. The van der Waals surface area contributed by atoms with Gasteiger partial charge in [0.05, 0.1) is 6.04 Å². The molecular weight excluding hydrogens is 346 g/mol. The number of ether oxygens (including phenoxy) is 1. The van der Waals surface area contributed by atoms with E-state index in [1.807, 2.05) is 18.2 Å². The zero-order valence-electron chi connectivity index (χ0n) is 13.3.